The van der Waals surface area contributed by atoms with E-state index in [4.69, 9.17) is 10.2 Å². The molecule has 0 spiro atoms. The van der Waals surface area contributed by atoms with Gasteiger partial charge in [0.2, 0.25) is 0 Å². The van der Waals surface area contributed by atoms with Gasteiger partial charge < -0.3 is 19.7 Å². The van der Waals surface area contributed by atoms with Crippen LogP contribution in [0.15, 0.2) is 12.2 Å². The Hall–Kier alpha value is -1.73. The summed E-state index contributed by atoms with van der Waals surface area (Å²) >= 11 is 0. The van der Waals surface area contributed by atoms with Crippen LogP contribution in [0.25, 0.3) is 0 Å². The standard InChI is InChI=1S/C7H6O7/c8-4-3-13-5(9)1-2-6(10)14-7(4,11)12/h1-2,11-12H,3H2/b2-1-. The molecule has 0 bridgehead atoms. The molecule has 0 radical (unpaired) electrons. The van der Waals surface area contributed by atoms with Crippen molar-refractivity contribution in [2.24, 2.45) is 0 Å². The smallest absolute Gasteiger partial charge is 0.392 e. The van der Waals surface area contributed by atoms with E-state index in [1.54, 1.807) is 0 Å². The minimum absolute atomic E-state index is 0.613. The summed E-state index contributed by atoms with van der Waals surface area (Å²) < 4.78 is 8.15. The second kappa shape index (κ2) is 3.56. The fourth-order valence-electron chi connectivity index (χ4n) is 0.646. The molecule has 0 saturated heterocycles. The molecule has 1 rings (SSSR count). The van der Waals surface area contributed by atoms with Crippen molar-refractivity contribution in [3.05, 3.63) is 12.2 Å². The number of hydrogen-bond donors (Lipinski definition) is 2. The van der Waals surface area contributed by atoms with E-state index in [9.17, 15) is 14.4 Å². The van der Waals surface area contributed by atoms with E-state index in [-0.39, 0.29) is 0 Å². The first-order valence-electron chi connectivity index (χ1n) is 3.47. The Morgan fingerprint density at radius 1 is 1.14 bits per heavy atom. The van der Waals surface area contributed by atoms with Gasteiger partial charge in [-0.15, -0.1) is 0 Å². The summed E-state index contributed by atoms with van der Waals surface area (Å²) in [6, 6.07) is 0. The highest BCUT2D eigenvalue weighted by atomic mass is 16.8. The highest BCUT2D eigenvalue weighted by molar-refractivity contribution is 5.96. The van der Waals surface area contributed by atoms with Crippen LogP contribution in [0.4, 0.5) is 0 Å². The topological polar surface area (TPSA) is 110 Å². The maximum atomic E-state index is 10.9. The molecular weight excluding hydrogens is 196 g/mol. The molecule has 0 aliphatic carbocycles. The third-order valence-electron chi connectivity index (χ3n) is 1.31. The molecule has 76 valence electrons. The Bertz CT molecular complexity index is 314. The number of carbonyl (C=O) groups is 3. The summed E-state index contributed by atoms with van der Waals surface area (Å²) in [5, 5.41) is 17.7. The van der Waals surface area contributed by atoms with Crippen LogP contribution in [-0.2, 0) is 23.9 Å². The Labute approximate surface area is 77.5 Å². The summed E-state index contributed by atoms with van der Waals surface area (Å²) in [6.07, 6.45) is 1.32. The van der Waals surface area contributed by atoms with Crippen LogP contribution in [0.3, 0.4) is 0 Å². The molecule has 0 unspecified atom stereocenters. The zero-order valence-electron chi connectivity index (χ0n) is 6.80. The number of Topliss-reactive ketones (excluding diaryl/α,β-unsaturated/α-hetero) is 1. The fourth-order valence-corrected chi connectivity index (χ4v) is 0.646. The van der Waals surface area contributed by atoms with Crippen molar-refractivity contribution in [1.29, 1.82) is 0 Å². The Morgan fingerprint density at radius 3 is 2.36 bits per heavy atom. The van der Waals surface area contributed by atoms with E-state index in [1.165, 1.54) is 0 Å². The lowest BCUT2D eigenvalue weighted by molar-refractivity contribution is -0.295. The van der Waals surface area contributed by atoms with Crippen LogP contribution in [0.5, 0.6) is 0 Å². The van der Waals surface area contributed by atoms with E-state index < -0.39 is 30.3 Å². The van der Waals surface area contributed by atoms with Gasteiger partial charge in [0.25, 0.3) is 5.78 Å². The summed E-state index contributed by atoms with van der Waals surface area (Å²) in [7, 11) is 0. The summed E-state index contributed by atoms with van der Waals surface area (Å²) in [6.45, 7) is -0.885. The molecule has 7 heteroatoms. The van der Waals surface area contributed by atoms with E-state index in [0.717, 1.165) is 0 Å². The van der Waals surface area contributed by atoms with E-state index >= 15 is 0 Å². The number of hydrogen-bond acceptors (Lipinski definition) is 7. The highest BCUT2D eigenvalue weighted by Gasteiger charge is 2.38. The third kappa shape index (κ3) is 2.38. The quantitative estimate of drug-likeness (QED) is 0.340. The van der Waals surface area contributed by atoms with Gasteiger partial charge in [0.05, 0.1) is 0 Å². The van der Waals surface area contributed by atoms with Crippen LogP contribution >= 0.6 is 0 Å². The lowest BCUT2D eigenvalue weighted by Crippen LogP contribution is -2.44. The molecule has 1 aliphatic rings. The van der Waals surface area contributed by atoms with Crippen LogP contribution < -0.4 is 0 Å². The molecule has 0 saturated carbocycles. The number of ether oxygens (including phenoxy) is 2. The van der Waals surface area contributed by atoms with Gasteiger partial charge in [-0.05, 0) is 0 Å². The van der Waals surface area contributed by atoms with E-state index in [2.05, 4.69) is 9.47 Å². The number of rotatable bonds is 0. The fraction of sp³-hybridized carbons (Fsp3) is 0.286. The van der Waals surface area contributed by atoms with E-state index in [0.29, 0.717) is 12.2 Å². The number of cyclic esters (lactones) is 2. The summed E-state index contributed by atoms with van der Waals surface area (Å²) in [4.78, 5) is 32.2. The number of aliphatic hydroxyl groups is 2. The van der Waals surface area contributed by atoms with Gasteiger partial charge in [0.1, 0.15) is 0 Å². The Balaban J connectivity index is 2.90. The second-order valence-corrected chi connectivity index (χ2v) is 2.39. The molecule has 0 aromatic rings. The lowest BCUT2D eigenvalue weighted by atomic mass is 10.3. The predicted octanol–water partition coefficient (Wildman–Crippen LogP) is -2.15. The molecule has 7 nitrogen and oxygen atoms in total. The molecular formula is C7H6O7. The third-order valence-corrected chi connectivity index (χ3v) is 1.31. The maximum absolute atomic E-state index is 10.9. The van der Waals surface area contributed by atoms with Gasteiger partial charge in [-0.3, -0.25) is 4.79 Å². The van der Waals surface area contributed by atoms with Gasteiger partial charge in [-0.25, -0.2) is 9.59 Å². The van der Waals surface area contributed by atoms with E-state index in [1.807, 2.05) is 0 Å². The van der Waals surface area contributed by atoms with Crippen molar-refractivity contribution in [2.75, 3.05) is 6.61 Å². The molecule has 0 atom stereocenters. The van der Waals surface area contributed by atoms with Crippen LogP contribution in [0.2, 0.25) is 0 Å². The Kier molecular flexibility index (Phi) is 2.63. The van der Waals surface area contributed by atoms with Crippen molar-refractivity contribution < 1.29 is 34.1 Å². The zero-order valence-corrected chi connectivity index (χ0v) is 6.80. The van der Waals surface area contributed by atoms with Crippen LogP contribution in [0.1, 0.15) is 0 Å². The number of esters is 2. The highest BCUT2D eigenvalue weighted by Crippen LogP contribution is 2.07. The van der Waals surface area contributed by atoms with Crippen molar-refractivity contribution >= 4 is 17.7 Å². The lowest BCUT2D eigenvalue weighted by Gasteiger charge is -2.17. The van der Waals surface area contributed by atoms with Gasteiger partial charge in [0.15, 0.2) is 6.61 Å². The zero-order chi connectivity index (χ0) is 10.8. The average molecular weight is 202 g/mol. The normalized spacial score (nSPS) is 24.0. The minimum atomic E-state index is -3.26. The molecule has 14 heavy (non-hydrogen) atoms. The molecule has 0 aromatic carbocycles. The maximum Gasteiger partial charge on any atom is 0.392 e. The van der Waals surface area contributed by atoms with Crippen molar-refractivity contribution in [1.82, 2.24) is 0 Å². The Morgan fingerprint density at radius 2 is 1.71 bits per heavy atom. The number of carbonyl (C=O) groups excluding carboxylic acids is 3. The number of ketones is 1. The van der Waals surface area contributed by atoms with Gasteiger partial charge in [0, 0.05) is 12.2 Å². The van der Waals surface area contributed by atoms with Crippen LogP contribution in [0, 0.1) is 0 Å². The minimum Gasteiger partial charge on any atom is -0.454 e. The van der Waals surface area contributed by atoms with Crippen molar-refractivity contribution in [2.45, 2.75) is 5.97 Å². The summed E-state index contributed by atoms with van der Waals surface area (Å²) in [5.41, 5.74) is 0. The average Bonchev–Trinajstić information content (AvgIpc) is 2.11. The molecule has 1 aliphatic heterocycles. The van der Waals surface area contributed by atoms with Crippen LogP contribution in [-0.4, -0.2) is 40.5 Å². The van der Waals surface area contributed by atoms with Crippen molar-refractivity contribution in [3.63, 3.8) is 0 Å². The molecule has 0 fully saturated rings. The second-order valence-electron chi connectivity index (χ2n) is 2.39. The monoisotopic (exact) mass is 202 g/mol. The summed E-state index contributed by atoms with van der Waals surface area (Å²) in [5.74, 6) is -6.79. The molecule has 0 amide bonds. The first-order valence-corrected chi connectivity index (χ1v) is 3.47. The van der Waals surface area contributed by atoms with Gasteiger partial charge in [-0.1, -0.05) is 0 Å². The predicted molar refractivity (Wildman–Crippen MR) is 38.4 cm³/mol. The molecule has 1 heterocycles. The van der Waals surface area contributed by atoms with Gasteiger partial charge >= 0.3 is 17.9 Å². The van der Waals surface area contributed by atoms with Gasteiger partial charge in [-0.2, -0.15) is 0 Å². The largest absolute Gasteiger partial charge is 0.454 e. The van der Waals surface area contributed by atoms with Crippen molar-refractivity contribution in [3.8, 4) is 0 Å². The first kappa shape index (κ1) is 10.4. The molecule has 0 aromatic heterocycles. The SMILES string of the molecule is O=C1/C=C\C(=O)OC(O)(O)C(=O)CO1. The first-order chi connectivity index (χ1) is 6.42. The molecule has 2 N–H and O–H groups in total.